The highest BCUT2D eigenvalue weighted by atomic mass is 16.2. The molecule has 0 N–H and O–H groups in total. The number of β-lactam (4-membered cyclic amide) rings is 1. The molecule has 1 aliphatic heterocycles. The molecule has 0 aromatic carbocycles. The van der Waals surface area contributed by atoms with Gasteiger partial charge in [0.25, 0.3) is 0 Å². The van der Waals surface area contributed by atoms with E-state index in [1.165, 1.54) is 0 Å². The van der Waals surface area contributed by atoms with Gasteiger partial charge in [-0.05, 0) is 18.6 Å². The lowest BCUT2D eigenvalue weighted by atomic mass is 9.84. The van der Waals surface area contributed by atoms with Crippen molar-refractivity contribution in [1.29, 1.82) is 0 Å². The molecular formula is C14H18N2O. The van der Waals surface area contributed by atoms with Crippen molar-refractivity contribution in [3.63, 3.8) is 0 Å². The molecule has 0 radical (unpaired) electrons. The summed E-state index contributed by atoms with van der Waals surface area (Å²) >= 11 is 0. The zero-order chi connectivity index (χ0) is 12.3. The SMILES string of the molecule is C=C[C@H]1C(=O)N(CCCC)[C@@H]1c1ccccn1. The number of nitrogens with zero attached hydrogens (tertiary/aromatic N) is 2. The molecule has 1 aromatic rings. The fourth-order valence-electron chi connectivity index (χ4n) is 2.28. The van der Waals surface area contributed by atoms with E-state index in [4.69, 9.17) is 0 Å². The molecule has 0 aliphatic carbocycles. The number of carbonyl (C=O) groups excluding carboxylic acids is 1. The van der Waals surface area contributed by atoms with Crippen LogP contribution in [-0.2, 0) is 4.79 Å². The van der Waals surface area contributed by atoms with E-state index in [2.05, 4.69) is 18.5 Å². The molecule has 0 spiro atoms. The van der Waals surface area contributed by atoms with Crippen molar-refractivity contribution in [3.05, 3.63) is 42.7 Å². The van der Waals surface area contributed by atoms with Gasteiger partial charge in [0.2, 0.25) is 5.91 Å². The predicted octanol–water partition coefficient (Wildman–Crippen LogP) is 2.57. The Hall–Kier alpha value is -1.64. The number of hydrogen-bond donors (Lipinski definition) is 0. The first kappa shape index (κ1) is 11.8. The quantitative estimate of drug-likeness (QED) is 0.575. The van der Waals surface area contributed by atoms with Crippen LogP contribution in [0.3, 0.4) is 0 Å². The summed E-state index contributed by atoms with van der Waals surface area (Å²) in [6, 6.07) is 5.92. The van der Waals surface area contributed by atoms with Crippen LogP contribution in [0.5, 0.6) is 0 Å². The number of aromatic nitrogens is 1. The number of carbonyl (C=O) groups is 1. The fraction of sp³-hybridized carbons (Fsp3) is 0.429. The van der Waals surface area contributed by atoms with E-state index in [0.29, 0.717) is 0 Å². The molecule has 1 aliphatic rings. The lowest BCUT2D eigenvalue weighted by Gasteiger charge is -2.45. The van der Waals surface area contributed by atoms with Gasteiger partial charge in [0.1, 0.15) is 0 Å². The van der Waals surface area contributed by atoms with Crippen molar-refractivity contribution in [2.75, 3.05) is 6.54 Å². The Balaban J connectivity index is 2.17. The first-order valence-corrected chi connectivity index (χ1v) is 6.13. The largest absolute Gasteiger partial charge is 0.332 e. The summed E-state index contributed by atoms with van der Waals surface area (Å²) in [6.45, 7) is 6.70. The Morgan fingerprint density at radius 1 is 1.53 bits per heavy atom. The van der Waals surface area contributed by atoms with Crippen LogP contribution >= 0.6 is 0 Å². The third-order valence-electron chi connectivity index (χ3n) is 3.24. The minimum atomic E-state index is -0.0956. The van der Waals surface area contributed by atoms with Gasteiger partial charge in [-0.25, -0.2) is 0 Å². The Morgan fingerprint density at radius 3 is 2.94 bits per heavy atom. The average Bonchev–Trinajstić information content (AvgIpc) is 2.37. The van der Waals surface area contributed by atoms with Crippen LogP contribution in [0.25, 0.3) is 0 Å². The van der Waals surface area contributed by atoms with Crippen LogP contribution in [-0.4, -0.2) is 22.3 Å². The average molecular weight is 230 g/mol. The van der Waals surface area contributed by atoms with Gasteiger partial charge < -0.3 is 4.90 Å². The molecule has 0 saturated carbocycles. The van der Waals surface area contributed by atoms with Crippen molar-refractivity contribution in [3.8, 4) is 0 Å². The van der Waals surface area contributed by atoms with Crippen molar-refractivity contribution in [2.24, 2.45) is 5.92 Å². The van der Waals surface area contributed by atoms with Gasteiger partial charge in [0.05, 0.1) is 17.7 Å². The molecule has 90 valence electrons. The molecule has 3 heteroatoms. The number of pyridine rings is 1. The summed E-state index contributed by atoms with van der Waals surface area (Å²) < 4.78 is 0. The summed E-state index contributed by atoms with van der Waals surface area (Å²) in [6.07, 6.45) is 5.65. The van der Waals surface area contributed by atoms with Crippen LogP contribution in [0, 0.1) is 5.92 Å². The van der Waals surface area contributed by atoms with E-state index < -0.39 is 0 Å². The van der Waals surface area contributed by atoms with Crippen LogP contribution in [0.1, 0.15) is 31.5 Å². The molecule has 17 heavy (non-hydrogen) atoms. The van der Waals surface area contributed by atoms with Gasteiger partial charge in [-0.2, -0.15) is 0 Å². The fourth-order valence-corrected chi connectivity index (χ4v) is 2.28. The summed E-state index contributed by atoms with van der Waals surface area (Å²) in [7, 11) is 0. The normalized spacial score (nSPS) is 23.4. The van der Waals surface area contributed by atoms with E-state index in [-0.39, 0.29) is 17.9 Å². The van der Waals surface area contributed by atoms with Crippen molar-refractivity contribution < 1.29 is 4.79 Å². The first-order chi connectivity index (χ1) is 8.29. The maximum Gasteiger partial charge on any atom is 0.232 e. The maximum atomic E-state index is 11.9. The molecule has 2 heterocycles. The lowest BCUT2D eigenvalue weighted by molar-refractivity contribution is -0.153. The van der Waals surface area contributed by atoms with Gasteiger partial charge >= 0.3 is 0 Å². The van der Waals surface area contributed by atoms with Crippen molar-refractivity contribution in [1.82, 2.24) is 9.88 Å². The molecule has 2 atom stereocenters. The van der Waals surface area contributed by atoms with Gasteiger partial charge in [-0.3, -0.25) is 9.78 Å². The number of rotatable bonds is 5. The lowest BCUT2D eigenvalue weighted by Crippen LogP contribution is -2.54. The highest BCUT2D eigenvalue weighted by Crippen LogP contribution is 2.39. The smallest absolute Gasteiger partial charge is 0.232 e. The first-order valence-electron chi connectivity index (χ1n) is 6.13. The third-order valence-corrected chi connectivity index (χ3v) is 3.24. The van der Waals surface area contributed by atoms with Gasteiger partial charge in [0.15, 0.2) is 0 Å². The molecule has 1 amide bonds. The molecule has 1 fully saturated rings. The number of amides is 1. The van der Waals surface area contributed by atoms with E-state index >= 15 is 0 Å². The summed E-state index contributed by atoms with van der Waals surface area (Å²) in [4.78, 5) is 18.2. The Bertz CT molecular complexity index is 402. The predicted molar refractivity (Wildman–Crippen MR) is 67.3 cm³/mol. The number of unbranched alkanes of at least 4 members (excludes halogenated alkanes) is 1. The molecular weight excluding hydrogens is 212 g/mol. The van der Waals surface area contributed by atoms with Crippen molar-refractivity contribution >= 4 is 5.91 Å². The van der Waals surface area contributed by atoms with Crippen molar-refractivity contribution in [2.45, 2.75) is 25.8 Å². The zero-order valence-corrected chi connectivity index (χ0v) is 10.2. The second-order valence-corrected chi connectivity index (χ2v) is 4.35. The molecule has 1 aromatic heterocycles. The minimum Gasteiger partial charge on any atom is -0.332 e. The standard InChI is InChI=1S/C14H18N2O/c1-3-5-10-16-13(11(4-2)14(16)17)12-8-6-7-9-15-12/h4,6-9,11,13H,2-3,5,10H2,1H3/t11-,13+/m1/s1. The molecule has 2 rings (SSSR count). The second-order valence-electron chi connectivity index (χ2n) is 4.35. The minimum absolute atomic E-state index is 0.0905. The van der Waals surface area contributed by atoms with Gasteiger partial charge in [-0.15, -0.1) is 6.58 Å². The number of hydrogen-bond acceptors (Lipinski definition) is 2. The van der Waals surface area contributed by atoms with Crippen LogP contribution in [0.15, 0.2) is 37.1 Å². The van der Waals surface area contributed by atoms with E-state index in [0.717, 1.165) is 25.1 Å². The summed E-state index contributed by atoms with van der Waals surface area (Å²) in [5.41, 5.74) is 0.966. The second kappa shape index (κ2) is 5.13. The maximum absolute atomic E-state index is 11.9. The zero-order valence-electron chi connectivity index (χ0n) is 10.2. The van der Waals surface area contributed by atoms with E-state index in [9.17, 15) is 4.79 Å². The third kappa shape index (κ3) is 2.09. The van der Waals surface area contributed by atoms with Crippen LogP contribution in [0.4, 0.5) is 0 Å². The highest BCUT2D eigenvalue weighted by Gasteiger charge is 2.46. The van der Waals surface area contributed by atoms with Gasteiger partial charge in [-0.1, -0.05) is 25.5 Å². The van der Waals surface area contributed by atoms with E-state index in [1.54, 1.807) is 12.3 Å². The Morgan fingerprint density at radius 2 is 2.35 bits per heavy atom. The molecule has 0 unspecified atom stereocenters. The highest BCUT2D eigenvalue weighted by molar-refractivity contribution is 5.88. The monoisotopic (exact) mass is 230 g/mol. The summed E-state index contributed by atoms with van der Waals surface area (Å²) in [5.74, 6) is 0.0888. The Labute approximate surface area is 102 Å². The molecule has 1 saturated heterocycles. The Kier molecular flexibility index (Phi) is 3.57. The van der Waals surface area contributed by atoms with Crippen LogP contribution < -0.4 is 0 Å². The topological polar surface area (TPSA) is 33.2 Å². The summed E-state index contributed by atoms with van der Waals surface area (Å²) in [5, 5.41) is 0. The number of likely N-dealkylation sites (tertiary alicyclic amines) is 1. The molecule has 0 bridgehead atoms. The molecule has 3 nitrogen and oxygen atoms in total. The van der Waals surface area contributed by atoms with E-state index in [1.807, 2.05) is 23.1 Å². The van der Waals surface area contributed by atoms with Crippen LogP contribution in [0.2, 0.25) is 0 Å². The van der Waals surface area contributed by atoms with Gasteiger partial charge in [0, 0.05) is 12.7 Å².